The smallest absolute Gasteiger partial charge is 0.335 e. The average Bonchev–Trinajstić information content (AvgIpc) is 2.29. The Labute approximate surface area is 97.4 Å². The molecule has 0 radical (unpaired) electrons. The lowest BCUT2D eigenvalue weighted by Crippen LogP contribution is -2.12. The zero-order chi connectivity index (χ0) is 12.8. The van der Waals surface area contributed by atoms with Gasteiger partial charge in [0.15, 0.2) is 0 Å². The van der Waals surface area contributed by atoms with Gasteiger partial charge in [-0.1, -0.05) is 0 Å². The summed E-state index contributed by atoms with van der Waals surface area (Å²) in [4.78, 5) is 22.0. The number of ether oxygens (including phenoxy) is 1. The lowest BCUT2D eigenvalue weighted by atomic mass is 10.2. The standard InChI is InChI=1S/C11H10N2O4/c1-17-9-3-2-7(11(15)16)6-8(9)13-10(14)4-5-12/h2-3,6H,4H2,1H3,(H,13,14)(H,15,16). The summed E-state index contributed by atoms with van der Waals surface area (Å²) >= 11 is 0. The summed E-state index contributed by atoms with van der Waals surface area (Å²) in [6.07, 6.45) is -0.305. The predicted octanol–water partition coefficient (Wildman–Crippen LogP) is 1.25. The number of carboxylic acids is 1. The summed E-state index contributed by atoms with van der Waals surface area (Å²) in [5.41, 5.74) is 0.255. The molecule has 0 heterocycles. The average molecular weight is 234 g/mol. The summed E-state index contributed by atoms with van der Waals surface area (Å²) in [5, 5.41) is 19.6. The lowest BCUT2D eigenvalue weighted by molar-refractivity contribution is -0.115. The van der Waals surface area contributed by atoms with Crippen molar-refractivity contribution in [1.29, 1.82) is 5.26 Å². The number of benzene rings is 1. The van der Waals surface area contributed by atoms with Crippen LogP contribution in [0.3, 0.4) is 0 Å². The number of aromatic carboxylic acids is 1. The molecule has 88 valence electrons. The highest BCUT2D eigenvalue weighted by atomic mass is 16.5. The Morgan fingerprint density at radius 3 is 2.76 bits per heavy atom. The van der Waals surface area contributed by atoms with Gasteiger partial charge in [-0.05, 0) is 18.2 Å². The van der Waals surface area contributed by atoms with Crippen molar-refractivity contribution in [3.63, 3.8) is 0 Å². The number of rotatable bonds is 4. The molecule has 0 aliphatic rings. The topological polar surface area (TPSA) is 99.4 Å². The van der Waals surface area contributed by atoms with Gasteiger partial charge in [-0.15, -0.1) is 0 Å². The number of carboxylic acid groups (broad SMARTS) is 1. The third-order valence-corrected chi connectivity index (χ3v) is 1.96. The van der Waals surface area contributed by atoms with Crippen LogP contribution < -0.4 is 10.1 Å². The number of anilines is 1. The first-order valence-corrected chi connectivity index (χ1v) is 4.66. The van der Waals surface area contributed by atoms with Crippen LogP contribution in [0.4, 0.5) is 5.69 Å². The number of amides is 1. The Hall–Kier alpha value is -2.55. The predicted molar refractivity (Wildman–Crippen MR) is 58.8 cm³/mol. The zero-order valence-corrected chi connectivity index (χ0v) is 9.06. The van der Waals surface area contributed by atoms with Crippen molar-refractivity contribution in [3.05, 3.63) is 23.8 Å². The number of carbonyl (C=O) groups excluding carboxylic acids is 1. The highest BCUT2D eigenvalue weighted by Gasteiger charge is 2.11. The number of nitrogens with zero attached hydrogens (tertiary/aromatic N) is 1. The molecule has 0 aliphatic carbocycles. The van der Waals surface area contributed by atoms with Crippen molar-refractivity contribution in [2.75, 3.05) is 12.4 Å². The molecule has 1 aromatic rings. The van der Waals surface area contributed by atoms with Gasteiger partial charge in [-0.25, -0.2) is 4.79 Å². The minimum Gasteiger partial charge on any atom is -0.495 e. The number of carbonyl (C=O) groups is 2. The molecule has 6 heteroatoms. The second-order valence-corrected chi connectivity index (χ2v) is 3.10. The molecule has 0 aliphatic heterocycles. The quantitative estimate of drug-likeness (QED) is 0.816. The molecule has 1 rings (SSSR count). The minimum atomic E-state index is -1.11. The SMILES string of the molecule is COc1ccc(C(=O)O)cc1NC(=O)CC#N. The number of methoxy groups -OCH3 is 1. The second-order valence-electron chi connectivity index (χ2n) is 3.10. The van der Waals surface area contributed by atoms with Crippen LogP contribution in [-0.2, 0) is 4.79 Å². The fourth-order valence-electron chi connectivity index (χ4n) is 1.20. The Balaban J connectivity index is 3.02. The molecule has 0 saturated carbocycles. The lowest BCUT2D eigenvalue weighted by Gasteiger charge is -2.09. The van der Waals surface area contributed by atoms with Crippen molar-refractivity contribution in [3.8, 4) is 11.8 Å². The van der Waals surface area contributed by atoms with Crippen molar-refractivity contribution in [2.24, 2.45) is 0 Å². The largest absolute Gasteiger partial charge is 0.495 e. The highest BCUT2D eigenvalue weighted by molar-refractivity contribution is 5.96. The maximum Gasteiger partial charge on any atom is 0.335 e. The summed E-state index contributed by atoms with van der Waals surface area (Å²) in [5.74, 6) is -1.29. The third-order valence-electron chi connectivity index (χ3n) is 1.96. The van der Waals surface area contributed by atoms with Crippen LogP contribution >= 0.6 is 0 Å². The molecule has 2 N–H and O–H groups in total. The van der Waals surface area contributed by atoms with Crippen molar-refractivity contribution in [2.45, 2.75) is 6.42 Å². The van der Waals surface area contributed by atoms with E-state index in [0.717, 1.165) is 0 Å². The molecule has 0 aromatic heterocycles. The maximum absolute atomic E-state index is 11.2. The van der Waals surface area contributed by atoms with Gasteiger partial charge >= 0.3 is 5.97 Å². The van der Waals surface area contributed by atoms with Crippen LogP contribution in [0.2, 0.25) is 0 Å². The van der Waals surface area contributed by atoms with Gasteiger partial charge in [0.05, 0.1) is 24.4 Å². The van der Waals surface area contributed by atoms with Crippen LogP contribution in [0.5, 0.6) is 5.75 Å². The Kier molecular flexibility index (Phi) is 4.06. The van der Waals surface area contributed by atoms with Gasteiger partial charge in [-0.3, -0.25) is 4.79 Å². The molecule has 17 heavy (non-hydrogen) atoms. The van der Waals surface area contributed by atoms with E-state index in [4.69, 9.17) is 15.1 Å². The Morgan fingerprint density at radius 2 is 2.24 bits per heavy atom. The van der Waals surface area contributed by atoms with E-state index in [-0.39, 0.29) is 17.7 Å². The Morgan fingerprint density at radius 1 is 1.53 bits per heavy atom. The van der Waals surface area contributed by atoms with E-state index in [0.29, 0.717) is 5.75 Å². The number of hydrogen-bond donors (Lipinski definition) is 2. The molecule has 0 saturated heterocycles. The first-order valence-electron chi connectivity index (χ1n) is 4.66. The summed E-state index contributed by atoms with van der Waals surface area (Å²) < 4.78 is 4.97. The minimum absolute atomic E-state index is 0.0260. The molecule has 0 unspecified atom stereocenters. The van der Waals surface area contributed by atoms with Gasteiger partial charge < -0.3 is 15.2 Å². The number of hydrogen-bond acceptors (Lipinski definition) is 4. The van der Waals surface area contributed by atoms with E-state index in [1.165, 1.54) is 25.3 Å². The van der Waals surface area contributed by atoms with Crippen LogP contribution in [-0.4, -0.2) is 24.1 Å². The highest BCUT2D eigenvalue weighted by Crippen LogP contribution is 2.25. The van der Waals surface area contributed by atoms with Gasteiger partial charge in [0, 0.05) is 0 Å². The van der Waals surface area contributed by atoms with Crippen molar-refractivity contribution in [1.82, 2.24) is 0 Å². The number of nitrogens with one attached hydrogen (secondary N) is 1. The molecule has 1 amide bonds. The Bertz CT molecular complexity index is 491. The van der Waals surface area contributed by atoms with Crippen molar-refractivity contribution < 1.29 is 19.4 Å². The zero-order valence-electron chi connectivity index (χ0n) is 9.06. The molecule has 6 nitrogen and oxygen atoms in total. The van der Waals surface area contributed by atoms with E-state index < -0.39 is 11.9 Å². The van der Waals surface area contributed by atoms with E-state index in [9.17, 15) is 9.59 Å². The van der Waals surface area contributed by atoms with Crippen molar-refractivity contribution >= 4 is 17.6 Å². The van der Waals surface area contributed by atoms with Gasteiger partial charge in [0.2, 0.25) is 5.91 Å². The van der Waals surface area contributed by atoms with Gasteiger partial charge in [-0.2, -0.15) is 5.26 Å². The molecular weight excluding hydrogens is 224 g/mol. The first kappa shape index (κ1) is 12.5. The molecule has 0 atom stereocenters. The fraction of sp³-hybridized carbons (Fsp3) is 0.182. The van der Waals surface area contributed by atoms with Gasteiger partial charge in [0.25, 0.3) is 0 Å². The third kappa shape index (κ3) is 3.21. The molecule has 0 bridgehead atoms. The summed E-state index contributed by atoms with van der Waals surface area (Å²) in [7, 11) is 1.40. The molecule has 0 spiro atoms. The van der Waals surface area contributed by atoms with Crippen LogP contribution in [0.15, 0.2) is 18.2 Å². The van der Waals surface area contributed by atoms with E-state index in [1.54, 1.807) is 6.07 Å². The number of nitriles is 1. The summed E-state index contributed by atoms with van der Waals surface area (Å²) in [6.45, 7) is 0. The van der Waals surface area contributed by atoms with E-state index in [2.05, 4.69) is 5.32 Å². The second kappa shape index (κ2) is 5.51. The van der Waals surface area contributed by atoms with Crippen LogP contribution in [0.1, 0.15) is 16.8 Å². The van der Waals surface area contributed by atoms with E-state index in [1.807, 2.05) is 0 Å². The normalized spacial score (nSPS) is 9.18. The van der Waals surface area contributed by atoms with Crippen LogP contribution in [0.25, 0.3) is 0 Å². The first-order chi connectivity index (χ1) is 8.08. The molecular formula is C11H10N2O4. The molecule has 1 aromatic carbocycles. The molecule has 0 fully saturated rings. The van der Waals surface area contributed by atoms with E-state index >= 15 is 0 Å². The maximum atomic E-state index is 11.2. The monoisotopic (exact) mass is 234 g/mol. The van der Waals surface area contributed by atoms with Crippen LogP contribution in [0, 0.1) is 11.3 Å². The summed E-state index contributed by atoms with van der Waals surface area (Å²) in [6, 6.07) is 5.77. The van der Waals surface area contributed by atoms with Gasteiger partial charge in [0.1, 0.15) is 12.2 Å². The fourth-order valence-corrected chi connectivity index (χ4v) is 1.20.